The van der Waals surface area contributed by atoms with Crippen molar-refractivity contribution < 1.29 is 9.72 Å². The van der Waals surface area contributed by atoms with Crippen molar-refractivity contribution in [1.82, 2.24) is 0 Å². The van der Waals surface area contributed by atoms with Gasteiger partial charge in [-0.1, -0.05) is 12.1 Å². The molecule has 1 aliphatic heterocycles. The van der Waals surface area contributed by atoms with E-state index in [1.165, 1.54) is 11.0 Å². The van der Waals surface area contributed by atoms with Gasteiger partial charge in [-0.3, -0.25) is 14.9 Å². The van der Waals surface area contributed by atoms with Gasteiger partial charge in [0.25, 0.3) is 5.69 Å². The molecule has 0 bridgehead atoms. The lowest BCUT2D eigenvalue weighted by Crippen LogP contribution is -2.26. The average molecular weight is 235 g/mol. The summed E-state index contributed by atoms with van der Waals surface area (Å²) in [5, 5.41) is 10.9. The van der Waals surface area contributed by atoms with Gasteiger partial charge in [0.1, 0.15) is 5.69 Å². The van der Waals surface area contributed by atoms with Gasteiger partial charge in [-0.15, -0.1) is 0 Å². The lowest BCUT2D eigenvalue weighted by molar-refractivity contribution is -0.384. The summed E-state index contributed by atoms with van der Waals surface area (Å²) >= 11 is 0. The number of para-hydroxylation sites is 2. The molecule has 1 aromatic carbocycles. The van der Waals surface area contributed by atoms with Gasteiger partial charge < -0.3 is 10.6 Å². The van der Waals surface area contributed by atoms with Crippen LogP contribution in [0.15, 0.2) is 24.3 Å². The minimum absolute atomic E-state index is 0.0430. The summed E-state index contributed by atoms with van der Waals surface area (Å²) in [6, 6.07) is 6.27. The molecule has 6 nitrogen and oxygen atoms in total. The fraction of sp³-hybridized carbons (Fsp3) is 0.364. The molecule has 0 saturated carbocycles. The van der Waals surface area contributed by atoms with Crippen LogP contribution >= 0.6 is 0 Å². The highest BCUT2D eigenvalue weighted by molar-refractivity contribution is 5.97. The van der Waals surface area contributed by atoms with Crippen LogP contribution in [0, 0.1) is 16.0 Å². The summed E-state index contributed by atoms with van der Waals surface area (Å²) in [5.41, 5.74) is 5.84. The van der Waals surface area contributed by atoms with Crippen LogP contribution in [0.1, 0.15) is 6.42 Å². The third kappa shape index (κ3) is 2.12. The summed E-state index contributed by atoms with van der Waals surface area (Å²) in [5.74, 6) is -0.0166. The quantitative estimate of drug-likeness (QED) is 0.622. The molecule has 17 heavy (non-hydrogen) atoms. The van der Waals surface area contributed by atoms with E-state index in [1.54, 1.807) is 18.2 Å². The lowest BCUT2D eigenvalue weighted by atomic mass is 10.1. The first kappa shape index (κ1) is 11.5. The molecule has 1 saturated heterocycles. The van der Waals surface area contributed by atoms with Gasteiger partial charge in [-0.05, 0) is 18.5 Å². The maximum absolute atomic E-state index is 11.8. The highest BCUT2D eigenvalue weighted by atomic mass is 16.6. The van der Waals surface area contributed by atoms with Crippen molar-refractivity contribution in [3.05, 3.63) is 34.4 Å². The normalized spacial score (nSPS) is 19.7. The van der Waals surface area contributed by atoms with Crippen LogP contribution in [0.3, 0.4) is 0 Å². The highest BCUT2D eigenvalue weighted by Gasteiger charge is 2.33. The standard InChI is InChI=1S/C11H13N3O3/c12-6-8-5-11(15)13(7-8)9-3-1-2-4-10(9)14(16)17/h1-4,8H,5-7,12H2. The molecule has 90 valence electrons. The molecule has 1 aliphatic rings. The van der Waals surface area contributed by atoms with E-state index in [2.05, 4.69) is 0 Å². The predicted molar refractivity (Wildman–Crippen MR) is 62.6 cm³/mol. The molecule has 1 amide bonds. The van der Waals surface area contributed by atoms with Crippen molar-refractivity contribution in [2.75, 3.05) is 18.0 Å². The molecule has 1 heterocycles. The van der Waals surface area contributed by atoms with E-state index >= 15 is 0 Å². The highest BCUT2D eigenvalue weighted by Crippen LogP contribution is 2.32. The molecule has 0 aliphatic carbocycles. The maximum Gasteiger partial charge on any atom is 0.292 e. The zero-order chi connectivity index (χ0) is 12.4. The molecule has 6 heteroatoms. The van der Waals surface area contributed by atoms with Gasteiger partial charge in [0.2, 0.25) is 5.91 Å². The predicted octanol–water partition coefficient (Wildman–Crippen LogP) is 0.906. The summed E-state index contributed by atoms with van der Waals surface area (Å²) in [6.45, 7) is 0.878. The first-order chi connectivity index (χ1) is 8.13. The van der Waals surface area contributed by atoms with Crippen LogP contribution < -0.4 is 10.6 Å². The molecular weight excluding hydrogens is 222 g/mol. The molecule has 0 spiro atoms. The molecule has 1 atom stereocenters. The molecule has 2 rings (SSSR count). The van der Waals surface area contributed by atoms with Crippen LogP contribution in [0.5, 0.6) is 0 Å². The van der Waals surface area contributed by atoms with E-state index < -0.39 is 4.92 Å². The van der Waals surface area contributed by atoms with Gasteiger partial charge in [0.05, 0.1) is 4.92 Å². The number of amides is 1. The third-order valence-corrected chi connectivity index (χ3v) is 2.91. The Morgan fingerprint density at radius 2 is 2.18 bits per heavy atom. The number of benzene rings is 1. The number of carbonyl (C=O) groups is 1. The lowest BCUT2D eigenvalue weighted by Gasteiger charge is -2.16. The molecule has 0 aromatic heterocycles. The first-order valence-corrected chi connectivity index (χ1v) is 5.37. The molecule has 0 radical (unpaired) electrons. The molecule has 1 fully saturated rings. The van der Waals surface area contributed by atoms with Crippen LogP contribution in [0.25, 0.3) is 0 Å². The zero-order valence-corrected chi connectivity index (χ0v) is 9.20. The summed E-state index contributed by atoms with van der Waals surface area (Å²) in [6.07, 6.45) is 0.364. The Bertz CT molecular complexity index is 461. The SMILES string of the molecule is NCC1CC(=O)N(c2ccccc2[N+](=O)[O-])C1. The minimum atomic E-state index is -0.474. The Morgan fingerprint density at radius 3 is 2.76 bits per heavy atom. The Morgan fingerprint density at radius 1 is 1.47 bits per heavy atom. The Labute approximate surface area is 98.2 Å². The van der Waals surface area contributed by atoms with Crippen molar-refractivity contribution in [3.8, 4) is 0 Å². The number of nitrogens with zero attached hydrogens (tertiary/aromatic N) is 2. The second kappa shape index (κ2) is 4.50. The first-order valence-electron chi connectivity index (χ1n) is 5.37. The van der Waals surface area contributed by atoms with Gasteiger partial charge in [0.15, 0.2) is 0 Å². The summed E-state index contributed by atoms with van der Waals surface area (Å²) in [7, 11) is 0. The van der Waals surface area contributed by atoms with Gasteiger partial charge in [-0.2, -0.15) is 0 Å². The Kier molecular flexibility index (Phi) is 3.06. The number of anilines is 1. The number of nitro benzene ring substituents is 1. The Balaban J connectivity index is 2.35. The fourth-order valence-electron chi connectivity index (χ4n) is 2.02. The number of hydrogen-bond acceptors (Lipinski definition) is 4. The molecule has 1 unspecified atom stereocenters. The van der Waals surface area contributed by atoms with Crippen molar-refractivity contribution in [3.63, 3.8) is 0 Å². The summed E-state index contributed by atoms with van der Waals surface area (Å²) in [4.78, 5) is 23.6. The van der Waals surface area contributed by atoms with Gasteiger partial charge in [0, 0.05) is 19.0 Å². The van der Waals surface area contributed by atoms with Crippen LogP contribution in [-0.2, 0) is 4.79 Å². The fourth-order valence-corrected chi connectivity index (χ4v) is 2.02. The van der Waals surface area contributed by atoms with Crippen molar-refractivity contribution in [2.45, 2.75) is 6.42 Å². The summed E-state index contributed by atoms with van der Waals surface area (Å²) < 4.78 is 0. The zero-order valence-electron chi connectivity index (χ0n) is 9.20. The molecule has 2 N–H and O–H groups in total. The maximum atomic E-state index is 11.8. The van der Waals surface area contributed by atoms with Gasteiger partial charge in [-0.25, -0.2) is 0 Å². The number of nitro groups is 1. The topological polar surface area (TPSA) is 89.5 Å². The third-order valence-electron chi connectivity index (χ3n) is 2.91. The van der Waals surface area contributed by atoms with E-state index in [4.69, 9.17) is 5.73 Å². The van der Waals surface area contributed by atoms with E-state index in [0.717, 1.165) is 0 Å². The van der Waals surface area contributed by atoms with E-state index in [0.29, 0.717) is 25.2 Å². The molecule has 1 aromatic rings. The average Bonchev–Trinajstić information content (AvgIpc) is 2.70. The second-order valence-corrected chi connectivity index (χ2v) is 4.06. The number of carbonyl (C=O) groups excluding carboxylic acids is 1. The van der Waals surface area contributed by atoms with Crippen molar-refractivity contribution in [1.29, 1.82) is 0 Å². The number of nitrogens with two attached hydrogens (primary N) is 1. The van der Waals surface area contributed by atoms with E-state index in [9.17, 15) is 14.9 Å². The van der Waals surface area contributed by atoms with E-state index in [1.807, 2.05) is 0 Å². The Hall–Kier alpha value is -1.95. The number of hydrogen-bond donors (Lipinski definition) is 1. The monoisotopic (exact) mass is 235 g/mol. The number of rotatable bonds is 3. The largest absolute Gasteiger partial charge is 0.330 e. The van der Waals surface area contributed by atoms with Crippen LogP contribution in [0.4, 0.5) is 11.4 Å². The van der Waals surface area contributed by atoms with Gasteiger partial charge >= 0.3 is 0 Å². The van der Waals surface area contributed by atoms with Crippen LogP contribution in [0.2, 0.25) is 0 Å². The smallest absolute Gasteiger partial charge is 0.292 e. The minimum Gasteiger partial charge on any atom is -0.330 e. The molecular formula is C11H13N3O3. The van der Waals surface area contributed by atoms with Crippen molar-refractivity contribution in [2.24, 2.45) is 11.7 Å². The van der Waals surface area contributed by atoms with E-state index in [-0.39, 0.29) is 17.5 Å². The van der Waals surface area contributed by atoms with Crippen LogP contribution in [-0.4, -0.2) is 23.9 Å². The second-order valence-electron chi connectivity index (χ2n) is 4.06. The van der Waals surface area contributed by atoms with Crippen molar-refractivity contribution >= 4 is 17.3 Å².